The zero-order valence-corrected chi connectivity index (χ0v) is 14.5. The zero-order valence-electron chi connectivity index (χ0n) is 14.5. The van der Waals surface area contributed by atoms with Crippen LogP contribution in [-0.2, 0) is 9.59 Å². The van der Waals surface area contributed by atoms with Crippen molar-refractivity contribution in [3.05, 3.63) is 63.7 Å². The number of nitro benzene ring substituents is 1. The number of nitrogens with one attached hydrogen (secondary N) is 2. The molecule has 3 N–H and O–H groups in total. The molecule has 0 aliphatic carbocycles. The molecule has 0 fully saturated rings. The highest BCUT2D eigenvalue weighted by Crippen LogP contribution is 2.25. The topological polar surface area (TPSA) is 134 Å². The molecule has 2 aromatic rings. The summed E-state index contributed by atoms with van der Waals surface area (Å²) in [6.45, 7) is 1.87. The van der Waals surface area contributed by atoms with Crippen molar-refractivity contribution in [1.82, 2.24) is 5.43 Å². The highest BCUT2D eigenvalue weighted by molar-refractivity contribution is 5.94. The third-order valence-corrected chi connectivity index (χ3v) is 3.60. The number of rotatable bonds is 7. The van der Waals surface area contributed by atoms with E-state index in [0.717, 1.165) is 17.7 Å². The zero-order chi connectivity index (χ0) is 19.8. The molecule has 0 unspecified atom stereocenters. The number of hydrogen-bond donors (Lipinski definition) is 3. The second-order valence-electron chi connectivity index (χ2n) is 5.66. The van der Waals surface area contributed by atoms with Gasteiger partial charge in [0.05, 0.1) is 11.1 Å². The molecule has 9 nitrogen and oxygen atoms in total. The average molecular weight is 370 g/mol. The van der Waals surface area contributed by atoms with E-state index in [0.29, 0.717) is 11.3 Å². The number of aryl methyl sites for hydroxylation is 1. The molecule has 140 valence electrons. The third-order valence-electron chi connectivity index (χ3n) is 3.60. The molecule has 0 radical (unpaired) electrons. The van der Waals surface area contributed by atoms with Crippen LogP contribution in [0.2, 0.25) is 0 Å². The van der Waals surface area contributed by atoms with Crippen LogP contribution < -0.4 is 10.7 Å². The summed E-state index contributed by atoms with van der Waals surface area (Å²) < 4.78 is 0. The number of hydrazone groups is 1. The molecular formula is C18H18N4O5. The Morgan fingerprint density at radius 1 is 1.19 bits per heavy atom. The number of phenolic OH excluding ortho intramolecular Hbond substituents is 1. The number of para-hydroxylation sites is 1. The summed E-state index contributed by atoms with van der Waals surface area (Å²) in [5.41, 5.74) is 3.72. The fraction of sp³-hybridized carbons (Fsp3) is 0.167. The molecule has 0 aliphatic rings. The summed E-state index contributed by atoms with van der Waals surface area (Å²) in [6.07, 6.45) is 1.13. The Kier molecular flexibility index (Phi) is 6.59. The molecule has 2 amide bonds. The first-order chi connectivity index (χ1) is 12.9. The summed E-state index contributed by atoms with van der Waals surface area (Å²) in [6, 6.07) is 11.0. The van der Waals surface area contributed by atoms with Gasteiger partial charge in [0.2, 0.25) is 11.8 Å². The Morgan fingerprint density at radius 2 is 1.89 bits per heavy atom. The highest BCUT2D eigenvalue weighted by Gasteiger charge is 2.13. The summed E-state index contributed by atoms with van der Waals surface area (Å²) in [5.74, 6) is -1.22. The van der Waals surface area contributed by atoms with Crippen molar-refractivity contribution in [2.45, 2.75) is 19.8 Å². The van der Waals surface area contributed by atoms with Crippen LogP contribution in [0.1, 0.15) is 24.0 Å². The second-order valence-corrected chi connectivity index (χ2v) is 5.66. The van der Waals surface area contributed by atoms with Crippen LogP contribution in [0.25, 0.3) is 0 Å². The van der Waals surface area contributed by atoms with E-state index in [-0.39, 0.29) is 18.7 Å². The van der Waals surface area contributed by atoms with Gasteiger partial charge in [0.1, 0.15) is 0 Å². The molecule has 0 aromatic heterocycles. The highest BCUT2D eigenvalue weighted by atomic mass is 16.6. The molecule has 0 spiro atoms. The number of anilines is 1. The van der Waals surface area contributed by atoms with Gasteiger partial charge in [-0.05, 0) is 30.7 Å². The number of nitro groups is 1. The maximum atomic E-state index is 11.9. The van der Waals surface area contributed by atoms with Gasteiger partial charge in [-0.25, -0.2) is 5.43 Å². The number of amides is 2. The molecule has 2 rings (SSSR count). The number of phenols is 1. The third kappa shape index (κ3) is 5.92. The van der Waals surface area contributed by atoms with Crippen LogP contribution in [0, 0.1) is 17.0 Å². The quantitative estimate of drug-likeness (QED) is 0.391. The number of benzene rings is 2. The molecule has 0 saturated carbocycles. The first-order valence-corrected chi connectivity index (χ1v) is 8.01. The SMILES string of the molecule is Cc1ccccc1NC(=O)CCC(=O)NN=Cc1ccc(O)c([N+](=O)[O-])c1. The fourth-order valence-electron chi connectivity index (χ4n) is 2.15. The Labute approximate surface area is 154 Å². The minimum Gasteiger partial charge on any atom is -0.502 e. The predicted molar refractivity (Wildman–Crippen MR) is 99.5 cm³/mol. The van der Waals surface area contributed by atoms with Gasteiger partial charge in [0.15, 0.2) is 5.75 Å². The normalized spacial score (nSPS) is 10.6. The average Bonchev–Trinajstić information content (AvgIpc) is 2.63. The van der Waals surface area contributed by atoms with Crippen LogP contribution in [0.15, 0.2) is 47.6 Å². The number of carbonyl (C=O) groups is 2. The number of aromatic hydroxyl groups is 1. The summed E-state index contributed by atoms with van der Waals surface area (Å²) >= 11 is 0. The molecular weight excluding hydrogens is 352 g/mol. The van der Waals surface area contributed by atoms with Gasteiger partial charge >= 0.3 is 5.69 Å². The Hall–Kier alpha value is -3.75. The van der Waals surface area contributed by atoms with Gasteiger partial charge < -0.3 is 10.4 Å². The van der Waals surface area contributed by atoms with E-state index in [2.05, 4.69) is 15.8 Å². The number of nitrogens with zero attached hydrogens (tertiary/aromatic N) is 2. The van der Waals surface area contributed by atoms with Crippen molar-refractivity contribution in [3.8, 4) is 5.75 Å². The van der Waals surface area contributed by atoms with E-state index in [1.54, 1.807) is 12.1 Å². The van der Waals surface area contributed by atoms with E-state index >= 15 is 0 Å². The van der Waals surface area contributed by atoms with Crippen molar-refractivity contribution < 1.29 is 19.6 Å². The van der Waals surface area contributed by atoms with Crippen LogP contribution in [0.3, 0.4) is 0 Å². The summed E-state index contributed by atoms with van der Waals surface area (Å²) in [7, 11) is 0. The lowest BCUT2D eigenvalue weighted by Gasteiger charge is -2.07. The van der Waals surface area contributed by atoms with Crippen molar-refractivity contribution in [2.75, 3.05) is 5.32 Å². The standard InChI is InChI=1S/C18H18N4O5/c1-12-4-2-3-5-14(12)20-17(24)8-9-18(25)21-19-11-13-6-7-16(23)15(10-13)22(26)27/h2-7,10-11,23H,8-9H2,1H3,(H,20,24)(H,21,25). The first-order valence-electron chi connectivity index (χ1n) is 8.01. The molecule has 9 heteroatoms. The molecule has 0 atom stereocenters. The number of hydrogen-bond acceptors (Lipinski definition) is 6. The summed E-state index contributed by atoms with van der Waals surface area (Å²) in [5, 5.41) is 26.5. The van der Waals surface area contributed by atoms with Crippen molar-refractivity contribution in [1.29, 1.82) is 0 Å². The fourth-order valence-corrected chi connectivity index (χ4v) is 2.15. The van der Waals surface area contributed by atoms with Crippen LogP contribution in [0.4, 0.5) is 11.4 Å². The number of carbonyl (C=O) groups excluding carboxylic acids is 2. The van der Waals surface area contributed by atoms with Gasteiger partial charge in [0, 0.05) is 30.2 Å². The van der Waals surface area contributed by atoms with Crippen molar-refractivity contribution in [3.63, 3.8) is 0 Å². The van der Waals surface area contributed by atoms with Crippen LogP contribution >= 0.6 is 0 Å². The first kappa shape index (κ1) is 19.6. The smallest absolute Gasteiger partial charge is 0.311 e. The van der Waals surface area contributed by atoms with E-state index in [9.17, 15) is 24.8 Å². The van der Waals surface area contributed by atoms with Crippen molar-refractivity contribution >= 4 is 29.4 Å². The lowest BCUT2D eigenvalue weighted by Crippen LogP contribution is -2.20. The maximum absolute atomic E-state index is 11.9. The summed E-state index contributed by atoms with van der Waals surface area (Å²) in [4.78, 5) is 33.6. The lowest BCUT2D eigenvalue weighted by molar-refractivity contribution is -0.385. The van der Waals surface area contributed by atoms with Crippen LogP contribution in [0.5, 0.6) is 5.75 Å². The van der Waals surface area contributed by atoms with Gasteiger partial charge in [-0.3, -0.25) is 19.7 Å². The Morgan fingerprint density at radius 3 is 2.59 bits per heavy atom. The van der Waals surface area contributed by atoms with Gasteiger partial charge in [0.25, 0.3) is 0 Å². The lowest BCUT2D eigenvalue weighted by atomic mass is 10.2. The largest absolute Gasteiger partial charge is 0.502 e. The Balaban J connectivity index is 1.81. The van der Waals surface area contributed by atoms with Gasteiger partial charge in [-0.1, -0.05) is 18.2 Å². The van der Waals surface area contributed by atoms with E-state index < -0.39 is 22.3 Å². The molecule has 0 aliphatic heterocycles. The van der Waals surface area contributed by atoms with E-state index in [1.807, 2.05) is 19.1 Å². The molecule has 0 heterocycles. The minimum atomic E-state index is -0.724. The van der Waals surface area contributed by atoms with Crippen LogP contribution in [-0.4, -0.2) is 28.1 Å². The molecule has 0 bridgehead atoms. The molecule has 2 aromatic carbocycles. The predicted octanol–water partition coefficient (Wildman–Crippen LogP) is 2.48. The monoisotopic (exact) mass is 370 g/mol. The molecule has 0 saturated heterocycles. The maximum Gasteiger partial charge on any atom is 0.311 e. The molecule has 27 heavy (non-hydrogen) atoms. The van der Waals surface area contributed by atoms with Gasteiger partial charge in [-0.15, -0.1) is 0 Å². The van der Waals surface area contributed by atoms with Crippen molar-refractivity contribution in [2.24, 2.45) is 5.10 Å². The van der Waals surface area contributed by atoms with E-state index in [4.69, 9.17) is 0 Å². The van der Waals surface area contributed by atoms with Gasteiger partial charge in [-0.2, -0.15) is 5.10 Å². The minimum absolute atomic E-state index is 0.0135. The van der Waals surface area contributed by atoms with E-state index in [1.165, 1.54) is 12.3 Å². The Bertz CT molecular complexity index is 895. The second kappa shape index (κ2) is 9.09.